The van der Waals surface area contributed by atoms with Gasteiger partial charge in [-0.25, -0.2) is 4.79 Å². The Labute approximate surface area is 157 Å². The Morgan fingerprint density at radius 3 is 2.65 bits per heavy atom. The number of benzene rings is 2. The van der Waals surface area contributed by atoms with Crippen molar-refractivity contribution in [2.24, 2.45) is 0 Å². The maximum Gasteiger partial charge on any atom is 0.407 e. The molecule has 0 aliphatic rings. The largest absolute Gasteiger partial charge is 0.481 e. The third kappa shape index (κ3) is 6.99. The molecule has 0 saturated carbocycles. The Morgan fingerprint density at radius 1 is 1.15 bits per heavy atom. The van der Waals surface area contributed by atoms with Crippen LogP contribution in [0.15, 0.2) is 54.6 Å². The van der Waals surface area contributed by atoms with Crippen molar-refractivity contribution in [3.05, 3.63) is 76.3 Å². The summed E-state index contributed by atoms with van der Waals surface area (Å²) in [6.45, 7) is 0.651. The van der Waals surface area contributed by atoms with Crippen molar-refractivity contribution in [3.63, 3.8) is 0 Å². The topological polar surface area (TPSA) is 75.6 Å². The molecule has 0 saturated heterocycles. The minimum atomic E-state index is -0.912. The molecule has 0 spiro atoms. The third-order valence-electron chi connectivity index (χ3n) is 3.54. The molecule has 2 aromatic rings. The van der Waals surface area contributed by atoms with Gasteiger partial charge < -0.3 is 15.2 Å². The second-order valence-corrected chi connectivity index (χ2v) is 6.03. The van der Waals surface area contributed by atoms with Crippen LogP contribution < -0.4 is 5.32 Å². The number of carboxylic acid groups (broad SMARTS) is 1. The van der Waals surface area contributed by atoms with Gasteiger partial charge in [0, 0.05) is 11.6 Å². The van der Waals surface area contributed by atoms with E-state index in [1.165, 1.54) is 0 Å². The summed E-state index contributed by atoms with van der Waals surface area (Å²) >= 11 is 5.91. The summed E-state index contributed by atoms with van der Waals surface area (Å²) in [6, 6.07) is 14.6. The molecule has 5 nitrogen and oxygen atoms in total. The van der Waals surface area contributed by atoms with Crippen molar-refractivity contribution >= 4 is 29.7 Å². The van der Waals surface area contributed by atoms with E-state index < -0.39 is 12.1 Å². The van der Waals surface area contributed by atoms with Crippen LogP contribution >= 0.6 is 11.6 Å². The van der Waals surface area contributed by atoms with Crippen molar-refractivity contribution in [3.8, 4) is 0 Å². The number of aliphatic carboxylic acids is 1. The van der Waals surface area contributed by atoms with Crippen LogP contribution in [0.3, 0.4) is 0 Å². The predicted molar refractivity (Wildman–Crippen MR) is 101 cm³/mol. The number of alkyl carbamates (subject to hydrolysis) is 1. The quantitative estimate of drug-likeness (QED) is 0.676. The molecule has 136 valence electrons. The highest BCUT2D eigenvalue weighted by atomic mass is 35.5. The van der Waals surface area contributed by atoms with Crippen LogP contribution in [0.2, 0.25) is 5.02 Å². The number of carboxylic acids is 1. The number of carbonyl (C=O) groups excluding carboxylic acids is 1. The van der Waals surface area contributed by atoms with Crippen molar-refractivity contribution in [1.82, 2.24) is 5.32 Å². The molecule has 0 aliphatic carbocycles. The molecule has 0 atom stereocenters. The first kappa shape index (κ1) is 19.5. The van der Waals surface area contributed by atoms with E-state index in [1.54, 1.807) is 18.2 Å². The van der Waals surface area contributed by atoms with Crippen molar-refractivity contribution < 1.29 is 19.4 Å². The number of ether oxygens (including phenoxy) is 1. The van der Waals surface area contributed by atoms with Gasteiger partial charge in [0.25, 0.3) is 0 Å². The van der Waals surface area contributed by atoms with E-state index in [9.17, 15) is 9.59 Å². The zero-order valence-corrected chi connectivity index (χ0v) is 14.9. The van der Waals surface area contributed by atoms with E-state index in [1.807, 2.05) is 42.5 Å². The molecule has 2 N–H and O–H groups in total. The van der Waals surface area contributed by atoms with Crippen molar-refractivity contribution in [2.75, 3.05) is 6.54 Å². The Balaban J connectivity index is 1.75. The van der Waals surface area contributed by atoms with E-state index in [-0.39, 0.29) is 13.0 Å². The van der Waals surface area contributed by atoms with Crippen LogP contribution in [-0.2, 0) is 22.6 Å². The first-order chi connectivity index (χ1) is 12.5. The number of hydrogen-bond donors (Lipinski definition) is 2. The molecule has 0 aliphatic heterocycles. The molecule has 26 heavy (non-hydrogen) atoms. The summed E-state index contributed by atoms with van der Waals surface area (Å²) in [5.74, 6) is -0.912. The van der Waals surface area contributed by atoms with E-state index in [0.717, 1.165) is 11.1 Å². The molecule has 0 radical (unpaired) electrons. The standard InChI is InChI=1S/C20H20ClNO4/c21-18-10-9-16(17(12-18)13-19(23)24)8-4-5-11-22-20(25)26-14-15-6-2-1-3-7-15/h1-4,6-10,12H,5,11,13-14H2,(H,22,25)(H,23,24). The third-order valence-corrected chi connectivity index (χ3v) is 3.77. The predicted octanol–water partition coefficient (Wildman–Crippen LogP) is 4.30. The van der Waals surface area contributed by atoms with Gasteiger partial charge in [0.05, 0.1) is 6.42 Å². The smallest absolute Gasteiger partial charge is 0.407 e. The fraction of sp³-hybridized carbons (Fsp3) is 0.200. The lowest BCUT2D eigenvalue weighted by Crippen LogP contribution is -2.24. The second-order valence-electron chi connectivity index (χ2n) is 5.59. The highest BCUT2D eigenvalue weighted by Crippen LogP contribution is 2.18. The minimum absolute atomic E-state index is 0.0930. The highest BCUT2D eigenvalue weighted by Gasteiger charge is 2.06. The van der Waals surface area contributed by atoms with Crippen LogP contribution in [0.25, 0.3) is 6.08 Å². The molecule has 2 rings (SSSR count). The van der Waals surface area contributed by atoms with E-state index >= 15 is 0 Å². The van der Waals surface area contributed by atoms with Crippen molar-refractivity contribution in [1.29, 1.82) is 0 Å². The monoisotopic (exact) mass is 373 g/mol. The van der Waals surface area contributed by atoms with Gasteiger partial charge in [0.1, 0.15) is 6.61 Å². The number of carbonyl (C=O) groups is 2. The van der Waals surface area contributed by atoms with E-state index in [0.29, 0.717) is 23.6 Å². The van der Waals surface area contributed by atoms with Crippen LogP contribution in [-0.4, -0.2) is 23.7 Å². The molecule has 0 heterocycles. The number of amides is 1. The molecule has 6 heteroatoms. The molecule has 0 fully saturated rings. The zero-order valence-electron chi connectivity index (χ0n) is 14.2. The number of hydrogen-bond acceptors (Lipinski definition) is 3. The fourth-order valence-electron chi connectivity index (χ4n) is 2.29. The van der Waals surface area contributed by atoms with Gasteiger partial charge in [-0.15, -0.1) is 0 Å². The van der Waals surface area contributed by atoms with Gasteiger partial charge in [-0.2, -0.15) is 0 Å². The lowest BCUT2D eigenvalue weighted by atomic mass is 10.0. The number of halogens is 1. The van der Waals surface area contributed by atoms with Crippen LogP contribution in [0.5, 0.6) is 0 Å². The molecular weight excluding hydrogens is 354 g/mol. The van der Waals surface area contributed by atoms with E-state index in [4.69, 9.17) is 21.4 Å². The summed E-state index contributed by atoms with van der Waals surface area (Å²) < 4.78 is 5.11. The average molecular weight is 374 g/mol. The molecular formula is C20H20ClNO4. The Hall–Kier alpha value is -2.79. The Morgan fingerprint density at radius 2 is 1.92 bits per heavy atom. The fourth-order valence-corrected chi connectivity index (χ4v) is 2.49. The SMILES string of the molecule is O=C(O)Cc1cc(Cl)ccc1C=CCCNC(=O)OCc1ccccc1. The lowest BCUT2D eigenvalue weighted by molar-refractivity contribution is -0.136. The lowest BCUT2D eigenvalue weighted by Gasteiger charge is -2.06. The number of rotatable bonds is 8. The maximum atomic E-state index is 11.6. The minimum Gasteiger partial charge on any atom is -0.481 e. The first-order valence-corrected chi connectivity index (χ1v) is 8.53. The van der Waals surface area contributed by atoms with Crippen LogP contribution in [0, 0.1) is 0 Å². The van der Waals surface area contributed by atoms with E-state index in [2.05, 4.69) is 5.32 Å². The normalized spacial score (nSPS) is 10.7. The molecule has 0 bridgehead atoms. The molecule has 0 unspecified atom stereocenters. The van der Waals surface area contributed by atoms with Gasteiger partial charge in [0.15, 0.2) is 0 Å². The Kier molecular flexibility index (Phi) is 7.71. The summed E-state index contributed by atoms with van der Waals surface area (Å²) in [5, 5.41) is 12.1. The highest BCUT2D eigenvalue weighted by molar-refractivity contribution is 6.30. The van der Waals surface area contributed by atoms with Gasteiger partial charge >= 0.3 is 12.1 Å². The summed E-state index contributed by atoms with van der Waals surface area (Å²) in [5.41, 5.74) is 2.37. The van der Waals surface area contributed by atoms with Gasteiger partial charge in [-0.05, 0) is 35.2 Å². The maximum absolute atomic E-state index is 11.6. The van der Waals surface area contributed by atoms with Gasteiger partial charge in [-0.1, -0.05) is 60.2 Å². The zero-order chi connectivity index (χ0) is 18.8. The van der Waals surface area contributed by atoms with Crippen LogP contribution in [0.1, 0.15) is 23.1 Å². The average Bonchev–Trinajstić information content (AvgIpc) is 2.61. The number of nitrogens with one attached hydrogen (secondary N) is 1. The van der Waals surface area contributed by atoms with Crippen molar-refractivity contribution in [2.45, 2.75) is 19.4 Å². The summed E-state index contributed by atoms with van der Waals surface area (Å²) in [7, 11) is 0. The summed E-state index contributed by atoms with van der Waals surface area (Å²) in [4.78, 5) is 22.5. The van der Waals surface area contributed by atoms with Gasteiger partial charge in [0.2, 0.25) is 0 Å². The summed E-state index contributed by atoms with van der Waals surface area (Å²) in [6.07, 6.45) is 3.72. The van der Waals surface area contributed by atoms with Crippen LogP contribution in [0.4, 0.5) is 4.79 Å². The molecule has 2 aromatic carbocycles. The first-order valence-electron chi connectivity index (χ1n) is 8.16. The van der Waals surface area contributed by atoms with Gasteiger partial charge in [-0.3, -0.25) is 4.79 Å². The molecule has 0 aromatic heterocycles. The molecule has 1 amide bonds. The second kappa shape index (κ2) is 10.3. The Bertz CT molecular complexity index is 775.